The monoisotopic (exact) mass is 274 g/mol. The molecule has 1 aromatic carbocycles. The minimum Gasteiger partial charge on any atom is -0.316 e. The van der Waals surface area contributed by atoms with Crippen LogP contribution in [0.25, 0.3) is 0 Å². The van der Waals surface area contributed by atoms with Gasteiger partial charge in [-0.15, -0.1) is 0 Å². The lowest BCUT2D eigenvalue weighted by atomic mass is 9.93. The standard InChI is InChI=1S/C18H30N2/c1-4-15-7-9-17(10-8-15)18(14(2)3)20-13-16-6-5-11-19-12-16/h7-10,14,16,18-20H,4-6,11-13H2,1-3H3. The summed E-state index contributed by atoms with van der Waals surface area (Å²) in [5, 5.41) is 7.31. The van der Waals surface area contributed by atoms with Crippen LogP contribution < -0.4 is 10.6 Å². The number of aryl methyl sites for hydroxylation is 1. The predicted molar refractivity (Wildman–Crippen MR) is 87.0 cm³/mol. The second kappa shape index (κ2) is 7.80. The summed E-state index contributed by atoms with van der Waals surface area (Å²) < 4.78 is 0. The molecule has 2 N–H and O–H groups in total. The topological polar surface area (TPSA) is 24.1 Å². The van der Waals surface area contributed by atoms with Gasteiger partial charge in [0.1, 0.15) is 0 Å². The Morgan fingerprint density at radius 2 is 2.00 bits per heavy atom. The van der Waals surface area contributed by atoms with E-state index in [4.69, 9.17) is 0 Å². The summed E-state index contributed by atoms with van der Waals surface area (Å²) in [5.41, 5.74) is 2.86. The molecule has 0 aliphatic carbocycles. The maximum Gasteiger partial charge on any atom is 0.0343 e. The fourth-order valence-corrected chi connectivity index (χ4v) is 3.09. The molecule has 1 aromatic rings. The van der Waals surface area contributed by atoms with Crippen LogP contribution in [0.15, 0.2) is 24.3 Å². The smallest absolute Gasteiger partial charge is 0.0343 e. The molecule has 112 valence electrons. The minimum atomic E-state index is 0.475. The van der Waals surface area contributed by atoms with Crippen LogP contribution in [0.4, 0.5) is 0 Å². The van der Waals surface area contributed by atoms with Crippen molar-refractivity contribution in [3.8, 4) is 0 Å². The molecule has 0 amide bonds. The summed E-state index contributed by atoms with van der Waals surface area (Å²) >= 11 is 0. The fourth-order valence-electron chi connectivity index (χ4n) is 3.09. The van der Waals surface area contributed by atoms with E-state index >= 15 is 0 Å². The van der Waals surface area contributed by atoms with E-state index < -0.39 is 0 Å². The highest BCUT2D eigenvalue weighted by Gasteiger charge is 2.18. The third kappa shape index (κ3) is 4.32. The van der Waals surface area contributed by atoms with E-state index in [-0.39, 0.29) is 0 Å². The lowest BCUT2D eigenvalue weighted by molar-refractivity contribution is 0.320. The first-order valence-electron chi connectivity index (χ1n) is 8.23. The van der Waals surface area contributed by atoms with Gasteiger partial charge in [0, 0.05) is 6.04 Å². The van der Waals surface area contributed by atoms with E-state index in [9.17, 15) is 0 Å². The maximum absolute atomic E-state index is 3.80. The van der Waals surface area contributed by atoms with Crippen LogP contribution in [0, 0.1) is 11.8 Å². The first-order chi connectivity index (χ1) is 9.70. The lowest BCUT2D eigenvalue weighted by Gasteiger charge is -2.28. The van der Waals surface area contributed by atoms with Gasteiger partial charge in [-0.2, -0.15) is 0 Å². The molecule has 0 bridgehead atoms. The van der Waals surface area contributed by atoms with Crippen LogP contribution >= 0.6 is 0 Å². The normalized spacial score (nSPS) is 21.1. The highest BCUT2D eigenvalue weighted by Crippen LogP contribution is 2.23. The Morgan fingerprint density at radius 1 is 1.25 bits per heavy atom. The van der Waals surface area contributed by atoms with E-state index in [2.05, 4.69) is 55.7 Å². The SMILES string of the molecule is CCc1ccc(C(NCC2CCCNC2)C(C)C)cc1. The zero-order valence-corrected chi connectivity index (χ0v) is 13.3. The Hall–Kier alpha value is -0.860. The van der Waals surface area contributed by atoms with E-state index in [0.29, 0.717) is 12.0 Å². The van der Waals surface area contributed by atoms with Crippen molar-refractivity contribution < 1.29 is 0 Å². The van der Waals surface area contributed by atoms with Gasteiger partial charge in [0.25, 0.3) is 0 Å². The minimum absolute atomic E-state index is 0.475. The second-order valence-electron chi connectivity index (χ2n) is 6.44. The molecule has 20 heavy (non-hydrogen) atoms. The van der Waals surface area contributed by atoms with Gasteiger partial charge in [-0.25, -0.2) is 0 Å². The molecule has 2 unspecified atom stereocenters. The van der Waals surface area contributed by atoms with Gasteiger partial charge in [-0.1, -0.05) is 45.0 Å². The van der Waals surface area contributed by atoms with Crippen LogP contribution in [-0.4, -0.2) is 19.6 Å². The van der Waals surface area contributed by atoms with Gasteiger partial charge in [0.05, 0.1) is 0 Å². The molecule has 0 radical (unpaired) electrons. The van der Waals surface area contributed by atoms with Crippen molar-refractivity contribution in [2.24, 2.45) is 11.8 Å². The van der Waals surface area contributed by atoms with Gasteiger partial charge >= 0.3 is 0 Å². The number of rotatable bonds is 6. The molecule has 2 heteroatoms. The van der Waals surface area contributed by atoms with Crippen LogP contribution in [0.1, 0.15) is 50.8 Å². The van der Waals surface area contributed by atoms with Crippen molar-refractivity contribution in [3.63, 3.8) is 0 Å². The lowest BCUT2D eigenvalue weighted by Crippen LogP contribution is -2.38. The number of nitrogens with one attached hydrogen (secondary N) is 2. The van der Waals surface area contributed by atoms with E-state index in [0.717, 1.165) is 18.9 Å². The van der Waals surface area contributed by atoms with Crippen molar-refractivity contribution in [1.29, 1.82) is 0 Å². The molecule has 0 spiro atoms. The second-order valence-corrected chi connectivity index (χ2v) is 6.44. The molecule has 2 rings (SSSR count). The first-order valence-corrected chi connectivity index (χ1v) is 8.23. The molecule has 2 nitrogen and oxygen atoms in total. The summed E-state index contributed by atoms with van der Waals surface area (Å²) in [7, 11) is 0. The average Bonchev–Trinajstić information content (AvgIpc) is 2.49. The molecule has 0 saturated carbocycles. The molecule has 1 fully saturated rings. The Kier molecular flexibility index (Phi) is 6.06. The van der Waals surface area contributed by atoms with Crippen LogP contribution in [-0.2, 0) is 6.42 Å². The Morgan fingerprint density at radius 3 is 2.55 bits per heavy atom. The average molecular weight is 274 g/mol. The molecular formula is C18H30N2. The first kappa shape index (κ1) is 15.5. The van der Waals surface area contributed by atoms with E-state index in [1.807, 2.05) is 0 Å². The van der Waals surface area contributed by atoms with Crippen molar-refractivity contribution >= 4 is 0 Å². The highest BCUT2D eigenvalue weighted by molar-refractivity contribution is 5.25. The van der Waals surface area contributed by atoms with Crippen molar-refractivity contribution in [2.45, 2.75) is 46.1 Å². The fraction of sp³-hybridized carbons (Fsp3) is 0.667. The molecule has 1 saturated heterocycles. The summed E-state index contributed by atoms with van der Waals surface area (Å²) in [6.07, 6.45) is 3.80. The Balaban J connectivity index is 1.94. The van der Waals surface area contributed by atoms with Crippen LogP contribution in [0.2, 0.25) is 0 Å². The molecule has 1 aliphatic rings. The molecule has 1 heterocycles. The van der Waals surface area contributed by atoms with Crippen molar-refractivity contribution in [1.82, 2.24) is 10.6 Å². The van der Waals surface area contributed by atoms with E-state index in [1.165, 1.54) is 37.1 Å². The molecular weight excluding hydrogens is 244 g/mol. The summed E-state index contributed by atoms with van der Waals surface area (Å²) in [6.45, 7) is 10.3. The van der Waals surface area contributed by atoms with Crippen molar-refractivity contribution in [2.75, 3.05) is 19.6 Å². The largest absolute Gasteiger partial charge is 0.316 e. The number of hydrogen-bond acceptors (Lipinski definition) is 2. The maximum atomic E-state index is 3.80. The number of piperidine rings is 1. The summed E-state index contributed by atoms with van der Waals surface area (Å²) in [6, 6.07) is 9.62. The quantitative estimate of drug-likeness (QED) is 0.829. The zero-order chi connectivity index (χ0) is 14.4. The van der Waals surface area contributed by atoms with Gasteiger partial charge < -0.3 is 10.6 Å². The van der Waals surface area contributed by atoms with Crippen LogP contribution in [0.5, 0.6) is 0 Å². The van der Waals surface area contributed by atoms with Crippen LogP contribution in [0.3, 0.4) is 0 Å². The third-order valence-corrected chi connectivity index (χ3v) is 4.44. The van der Waals surface area contributed by atoms with Gasteiger partial charge in [0.2, 0.25) is 0 Å². The summed E-state index contributed by atoms with van der Waals surface area (Å²) in [5.74, 6) is 1.42. The van der Waals surface area contributed by atoms with E-state index in [1.54, 1.807) is 0 Å². The Labute approximate surface area is 124 Å². The Bertz CT molecular complexity index is 377. The van der Waals surface area contributed by atoms with Crippen molar-refractivity contribution in [3.05, 3.63) is 35.4 Å². The van der Waals surface area contributed by atoms with Gasteiger partial charge in [-0.3, -0.25) is 0 Å². The van der Waals surface area contributed by atoms with Gasteiger partial charge in [0.15, 0.2) is 0 Å². The zero-order valence-electron chi connectivity index (χ0n) is 13.3. The number of hydrogen-bond donors (Lipinski definition) is 2. The van der Waals surface area contributed by atoms with Gasteiger partial charge in [-0.05, 0) is 61.9 Å². The number of benzene rings is 1. The predicted octanol–water partition coefficient (Wildman–Crippen LogP) is 3.54. The third-order valence-electron chi connectivity index (χ3n) is 4.44. The molecule has 2 atom stereocenters. The molecule has 0 aromatic heterocycles. The summed E-state index contributed by atoms with van der Waals surface area (Å²) in [4.78, 5) is 0. The highest BCUT2D eigenvalue weighted by atomic mass is 14.9. The molecule has 1 aliphatic heterocycles.